The Labute approximate surface area is 112 Å². The molecule has 2 saturated carbocycles. The van der Waals surface area contributed by atoms with Gasteiger partial charge in [0.1, 0.15) is 5.69 Å². The summed E-state index contributed by atoms with van der Waals surface area (Å²) in [6.07, 6.45) is 6.93. The zero-order valence-corrected chi connectivity index (χ0v) is 10.9. The average Bonchev–Trinajstić information content (AvgIpc) is 3.31. The number of nitrogens with two attached hydrogens (primary N) is 1. The van der Waals surface area contributed by atoms with E-state index in [4.69, 9.17) is 5.84 Å². The molecule has 4 N–H and O–H groups in total. The molecule has 2 aliphatic carbocycles. The molecule has 0 saturated heterocycles. The van der Waals surface area contributed by atoms with E-state index in [-0.39, 0.29) is 5.91 Å². The second-order valence-corrected chi connectivity index (χ2v) is 5.62. The molecule has 102 valence electrons. The molecule has 1 heterocycles. The quantitative estimate of drug-likeness (QED) is 0.535. The molecule has 0 spiro atoms. The van der Waals surface area contributed by atoms with E-state index < -0.39 is 0 Å². The summed E-state index contributed by atoms with van der Waals surface area (Å²) in [5, 5.41) is 3.02. The van der Waals surface area contributed by atoms with Crippen molar-refractivity contribution in [3.05, 3.63) is 24.0 Å². The molecular formula is C14H20N4O. The van der Waals surface area contributed by atoms with Crippen LogP contribution in [0.3, 0.4) is 0 Å². The summed E-state index contributed by atoms with van der Waals surface area (Å²) in [4.78, 5) is 16.1. The van der Waals surface area contributed by atoms with Crippen LogP contribution in [0.2, 0.25) is 0 Å². The normalized spacial score (nSPS) is 18.4. The number of rotatable bonds is 6. The number of anilines is 1. The van der Waals surface area contributed by atoms with E-state index in [2.05, 4.69) is 15.7 Å². The van der Waals surface area contributed by atoms with Crippen LogP contribution in [0.15, 0.2) is 18.3 Å². The highest BCUT2D eigenvalue weighted by Gasteiger charge is 2.41. The fraction of sp³-hybridized carbons (Fsp3) is 0.571. The number of nitrogens with one attached hydrogen (secondary N) is 2. The number of hydrazine groups is 1. The molecule has 0 bridgehead atoms. The number of nitrogens with zero attached hydrogens (tertiary/aromatic N) is 1. The van der Waals surface area contributed by atoms with E-state index >= 15 is 0 Å². The molecule has 1 aromatic heterocycles. The van der Waals surface area contributed by atoms with Crippen molar-refractivity contribution in [1.82, 2.24) is 10.3 Å². The number of hydrogen-bond acceptors (Lipinski definition) is 4. The third kappa shape index (κ3) is 3.04. The summed E-state index contributed by atoms with van der Waals surface area (Å²) < 4.78 is 0. The molecule has 0 unspecified atom stereocenters. The Morgan fingerprint density at radius 1 is 1.37 bits per heavy atom. The molecule has 0 atom stereocenters. The number of amides is 1. The summed E-state index contributed by atoms with van der Waals surface area (Å²) in [6.45, 7) is 0.788. The first-order chi connectivity index (χ1) is 9.28. The van der Waals surface area contributed by atoms with Gasteiger partial charge in [-0.2, -0.15) is 0 Å². The Morgan fingerprint density at radius 2 is 2.05 bits per heavy atom. The van der Waals surface area contributed by atoms with Gasteiger partial charge in [0.05, 0.1) is 5.69 Å². The lowest BCUT2D eigenvalue weighted by atomic mass is 9.98. The molecule has 1 aromatic rings. The maximum Gasteiger partial charge on any atom is 0.269 e. The lowest BCUT2D eigenvalue weighted by molar-refractivity contribution is 0.0938. The molecule has 0 aliphatic heterocycles. The minimum atomic E-state index is -0.108. The third-order valence-corrected chi connectivity index (χ3v) is 4.11. The highest BCUT2D eigenvalue weighted by molar-refractivity contribution is 5.93. The Morgan fingerprint density at radius 3 is 2.63 bits per heavy atom. The number of pyridine rings is 1. The van der Waals surface area contributed by atoms with Crippen molar-refractivity contribution in [2.24, 2.45) is 23.6 Å². The van der Waals surface area contributed by atoms with Gasteiger partial charge in [-0.05, 0) is 55.6 Å². The first-order valence-corrected chi connectivity index (χ1v) is 6.99. The predicted octanol–water partition coefficient (Wildman–Crippen LogP) is 1.53. The van der Waals surface area contributed by atoms with E-state index in [1.165, 1.54) is 25.7 Å². The van der Waals surface area contributed by atoms with Gasteiger partial charge in [0.25, 0.3) is 5.91 Å². The minimum absolute atomic E-state index is 0.108. The number of carbonyl (C=O) groups is 1. The highest BCUT2D eigenvalue weighted by Crippen LogP contribution is 2.48. The first kappa shape index (κ1) is 12.4. The van der Waals surface area contributed by atoms with Gasteiger partial charge in [-0.3, -0.25) is 15.6 Å². The van der Waals surface area contributed by atoms with Crippen LogP contribution < -0.4 is 16.6 Å². The summed E-state index contributed by atoms with van der Waals surface area (Å²) in [6, 6.07) is 3.40. The molecule has 2 aliphatic rings. The largest absolute Gasteiger partial charge is 0.350 e. The molecule has 3 rings (SSSR count). The average molecular weight is 260 g/mol. The van der Waals surface area contributed by atoms with Gasteiger partial charge in [0, 0.05) is 12.7 Å². The van der Waals surface area contributed by atoms with Gasteiger partial charge < -0.3 is 10.7 Å². The van der Waals surface area contributed by atoms with Gasteiger partial charge in [-0.1, -0.05) is 0 Å². The Balaban J connectivity index is 1.57. The molecule has 2 fully saturated rings. The number of nitrogen functional groups attached to an aromatic ring is 1. The van der Waals surface area contributed by atoms with Crippen LogP contribution in [-0.4, -0.2) is 17.4 Å². The molecular weight excluding hydrogens is 240 g/mol. The molecule has 19 heavy (non-hydrogen) atoms. The standard InChI is InChI=1S/C14H20N4O/c15-18-11-5-6-16-13(7-11)14(19)17-8-12(9-1-2-9)10-3-4-10/h5-7,9-10,12H,1-4,8,15H2,(H,16,18)(H,17,19). The Bertz CT molecular complexity index is 456. The van der Waals surface area contributed by atoms with Crippen LogP contribution in [0.4, 0.5) is 5.69 Å². The number of carbonyl (C=O) groups excluding carboxylic acids is 1. The maximum absolute atomic E-state index is 12.1. The molecule has 5 nitrogen and oxygen atoms in total. The van der Waals surface area contributed by atoms with Gasteiger partial charge in [0.15, 0.2) is 0 Å². The maximum atomic E-state index is 12.1. The van der Waals surface area contributed by atoms with Crippen LogP contribution in [0, 0.1) is 17.8 Å². The Kier molecular flexibility index (Phi) is 3.38. The SMILES string of the molecule is NNc1ccnc(C(=O)NCC(C2CC2)C2CC2)c1. The van der Waals surface area contributed by atoms with Crippen molar-refractivity contribution in [1.29, 1.82) is 0 Å². The van der Waals surface area contributed by atoms with E-state index in [9.17, 15) is 4.79 Å². The van der Waals surface area contributed by atoms with Crippen LogP contribution in [0.5, 0.6) is 0 Å². The molecule has 0 radical (unpaired) electrons. The van der Waals surface area contributed by atoms with E-state index in [0.29, 0.717) is 17.3 Å². The van der Waals surface area contributed by atoms with Gasteiger partial charge >= 0.3 is 0 Å². The van der Waals surface area contributed by atoms with Crippen molar-refractivity contribution < 1.29 is 4.79 Å². The Hall–Kier alpha value is -1.62. The third-order valence-electron chi connectivity index (χ3n) is 4.11. The van der Waals surface area contributed by atoms with Crippen LogP contribution >= 0.6 is 0 Å². The topological polar surface area (TPSA) is 80.0 Å². The highest BCUT2D eigenvalue weighted by atomic mass is 16.1. The van der Waals surface area contributed by atoms with Gasteiger partial charge in [-0.25, -0.2) is 0 Å². The van der Waals surface area contributed by atoms with Crippen molar-refractivity contribution >= 4 is 11.6 Å². The van der Waals surface area contributed by atoms with E-state index in [1.54, 1.807) is 18.3 Å². The summed E-state index contributed by atoms with van der Waals surface area (Å²) in [5.74, 6) is 7.59. The summed E-state index contributed by atoms with van der Waals surface area (Å²) >= 11 is 0. The van der Waals surface area contributed by atoms with E-state index in [1.807, 2.05) is 0 Å². The zero-order valence-electron chi connectivity index (χ0n) is 10.9. The van der Waals surface area contributed by atoms with Crippen LogP contribution in [-0.2, 0) is 0 Å². The second kappa shape index (κ2) is 5.17. The zero-order chi connectivity index (χ0) is 13.2. The van der Waals surface area contributed by atoms with Crippen LogP contribution in [0.25, 0.3) is 0 Å². The smallest absolute Gasteiger partial charge is 0.269 e. The predicted molar refractivity (Wildman–Crippen MR) is 73.3 cm³/mol. The fourth-order valence-electron chi connectivity index (χ4n) is 2.71. The van der Waals surface area contributed by atoms with Crippen molar-refractivity contribution in [3.63, 3.8) is 0 Å². The van der Waals surface area contributed by atoms with Crippen molar-refractivity contribution in [2.75, 3.05) is 12.0 Å². The van der Waals surface area contributed by atoms with E-state index in [0.717, 1.165) is 18.4 Å². The first-order valence-electron chi connectivity index (χ1n) is 6.99. The van der Waals surface area contributed by atoms with Gasteiger partial charge in [-0.15, -0.1) is 0 Å². The minimum Gasteiger partial charge on any atom is -0.350 e. The second-order valence-electron chi connectivity index (χ2n) is 5.62. The summed E-state index contributed by atoms with van der Waals surface area (Å²) in [5.41, 5.74) is 3.64. The summed E-state index contributed by atoms with van der Waals surface area (Å²) in [7, 11) is 0. The fourth-order valence-corrected chi connectivity index (χ4v) is 2.71. The lowest BCUT2D eigenvalue weighted by Gasteiger charge is -2.16. The van der Waals surface area contributed by atoms with Crippen molar-refractivity contribution in [2.45, 2.75) is 25.7 Å². The van der Waals surface area contributed by atoms with Gasteiger partial charge in [0.2, 0.25) is 0 Å². The molecule has 0 aromatic carbocycles. The monoisotopic (exact) mass is 260 g/mol. The van der Waals surface area contributed by atoms with Crippen molar-refractivity contribution in [3.8, 4) is 0 Å². The lowest BCUT2D eigenvalue weighted by Crippen LogP contribution is -2.31. The molecule has 1 amide bonds. The number of aromatic nitrogens is 1. The molecule has 5 heteroatoms. The number of hydrogen-bond donors (Lipinski definition) is 3. The van der Waals surface area contributed by atoms with Crippen LogP contribution in [0.1, 0.15) is 36.2 Å².